The Labute approximate surface area is 252 Å². The molecule has 0 fully saturated rings. The number of hydrogen-bond acceptors (Lipinski definition) is 9. The number of nitrogens with one attached hydrogen (secondary N) is 1. The van der Waals surface area contributed by atoms with Crippen molar-refractivity contribution in [3.8, 4) is 5.75 Å². The summed E-state index contributed by atoms with van der Waals surface area (Å²) in [5.74, 6) is -2.19. The Kier molecular flexibility index (Phi) is 9.95. The van der Waals surface area contributed by atoms with Crippen LogP contribution in [0.15, 0.2) is 42.7 Å². The van der Waals surface area contributed by atoms with Crippen molar-refractivity contribution in [2.45, 2.75) is 65.8 Å². The van der Waals surface area contributed by atoms with Crippen molar-refractivity contribution in [3.63, 3.8) is 0 Å². The Morgan fingerprint density at radius 2 is 1.50 bits per heavy atom. The number of ether oxygens (including phenoxy) is 3. The second-order valence-electron chi connectivity index (χ2n) is 10.9. The molecule has 1 unspecified atom stereocenters. The second kappa shape index (κ2) is 12.9. The van der Waals surface area contributed by atoms with Crippen LogP contribution in [-0.4, -0.2) is 44.5 Å². The zero-order valence-corrected chi connectivity index (χ0v) is 25.5. The smallest absolute Gasteiger partial charge is 0.425 e. The van der Waals surface area contributed by atoms with Gasteiger partial charge in [0.2, 0.25) is 5.82 Å². The van der Waals surface area contributed by atoms with Crippen molar-refractivity contribution < 1.29 is 33.0 Å². The molecule has 3 aromatic rings. The first-order valence-electron chi connectivity index (χ1n) is 12.6. The van der Waals surface area contributed by atoms with Gasteiger partial charge in [-0.05, 0) is 72.7 Å². The lowest BCUT2D eigenvalue weighted by Gasteiger charge is -2.29. The van der Waals surface area contributed by atoms with Crippen molar-refractivity contribution in [1.82, 2.24) is 15.2 Å². The molecule has 42 heavy (non-hydrogen) atoms. The number of halogens is 3. The Hall–Kier alpha value is -4.03. The van der Waals surface area contributed by atoms with E-state index in [2.05, 4.69) is 20.5 Å². The van der Waals surface area contributed by atoms with Gasteiger partial charge in [-0.3, -0.25) is 9.78 Å². The summed E-state index contributed by atoms with van der Waals surface area (Å²) in [4.78, 5) is 44.0. The summed E-state index contributed by atoms with van der Waals surface area (Å²) in [6, 6.07) is 6.65. The maximum atomic E-state index is 14.3. The van der Waals surface area contributed by atoms with Gasteiger partial charge in [-0.2, -0.15) is 4.90 Å². The first-order valence-corrected chi connectivity index (χ1v) is 13.4. The molecule has 0 saturated carbocycles. The number of nitrogens with zero attached hydrogens (tertiary/aromatic N) is 4. The van der Waals surface area contributed by atoms with E-state index < -0.39 is 47.0 Å². The van der Waals surface area contributed by atoms with Gasteiger partial charge in [-0.25, -0.2) is 14.0 Å². The molecule has 0 radical (unpaired) electrons. The molecule has 1 atom stereocenters. The summed E-state index contributed by atoms with van der Waals surface area (Å²) < 4.78 is 31.2. The maximum Gasteiger partial charge on any atom is 0.425 e. The number of hydrogen-bond donors (Lipinski definition) is 1. The lowest BCUT2D eigenvalue weighted by atomic mass is 10.1. The van der Waals surface area contributed by atoms with Gasteiger partial charge in [-0.1, -0.05) is 23.2 Å². The van der Waals surface area contributed by atoms with E-state index >= 15 is 0 Å². The zero-order valence-electron chi connectivity index (χ0n) is 24.0. The van der Waals surface area contributed by atoms with Gasteiger partial charge >= 0.3 is 12.2 Å². The summed E-state index contributed by atoms with van der Waals surface area (Å²) in [6.07, 6.45) is -0.420. The molecule has 0 spiro atoms. The van der Waals surface area contributed by atoms with Crippen LogP contribution in [-0.2, 0) is 9.47 Å². The third kappa shape index (κ3) is 8.49. The molecule has 3 rings (SSSR count). The summed E-state index contributed by atoms with van der Waals surface area (Å²) >= 11 is 12.5. The van der Waals surface area contributed by atoms with Crippen molar-refractivity contribution in [1.29, 1.82) is 0 Å². The molecule has 11 nitrogen and oxygen atoms in total. The Morgan fingerprint density at radius 1 is 0.929 bits per heavy atom. The molecular weight excluding hydrogens is 592 g/mol. The van der Waals surface area contributed by atoms with Gasteiger partial charge in [-0.15, -0.1) is 10.2 Å². The molecule has 0 aliphatic carbocycles. The number of amides is 3. The highest BCUT2D eigenvalue weighted by molar-refractivity contribution is 6.36. The predicted octanol–water partition coefficient (Wildman–Crippen LogP) is 7.39. The molecule has 0 bridgehead atoms. The van der Waals surface area contributed by atoms with Gasteiger partial charge in [0.25, 0.3) is 5.91 Å². The fourth-order valence-corrected chi connectivity index (χ4v) is 4.06. The maximum absolute atomic E-state index is 14.3. The minimum atomic E-state index is -1.15. The Bertz CT molecular complexity index is 1450. The van der Waals surface area contributed by atoms with Crippen molar-refractivity contribution >= 4 is 52.8 Å². The minimum Gasteiger partial charge on any atom is -0.482 e. The third-order valence-corrected chi connectivity index (χ3v) is 5.78. The molecule has 3 amide bonds. The number of benzene rings is 1. The SMILES string of the molecule is CC(Oc1cc(C(=O)Nc2ccncc2)nnc1N(C(=O)OC(C)(C)C)C(=O)OC(C)(C)C)c1c(Cl)ccc(F)c1Cl. The lowest BCUT2D eigenvalue weighted by Crippen LogP contribution is -2.44. The van der Waals surface area contributed by atoms with Crippen LogP contribution in [0.2, 0.25) is 10.0 Å². The van der Waals surface area contributed by atoms with E-state index in [1.807, 2.05) is 0 Å². The van der Waals surface area contributed by atoms with Crippen LogP contribution < -0.4 is 15.0 Å². The summed E-state index contributed by atoms with van der Waals surface area (Å²) in [6.45, 7) is 11.1. The topological polar surface area (TPSA) is 133 Å². The Balaban J connectivity index is 2.16. The fraction of sp³-hybridized carbons (Fsp3) is 0.357. The van der Waals surface area contributed by atoms with E-state index in [1.165, 1.54) is 25.4 Å². The molecule has 1 N–H and O–H groups in total. The van der Waals surface area contributed by atoms with Gasteiger partial charge in [0, 0.05) is 34.7 Å². The highest BCUT2D eigenvalue weighted by atomic mass is 35.5. The van der Waals surface area contributed by atoms with E-state index in [-0.39, 0.29) is 27.1 Å². The van der Waals surface area contributed by atoms with E-state index in [9.17, 15) is 18.8 Å². The van der Waals surface area contributed by atoms with Crippen molar-refractivity contribution in [2.24, 2.45) is 0 Å². The van der Waals surface area contributed by atoms with Crippen LogP contribution in [0.25, 0.3) is 0 Å². The number of carbonyl (C=O) groups is 3. The molecule has 2 heterocycles. The molecule has 0 saturated heterocycles. The van der Waals surface area contributed by atoms with Crippen molar-refractivity contribution in [3.05, 3.63) is 69.8 Å². The zero-order chi connectivity index (χ0) is 31.4. The number of rotatable bonds is 6. The number of pyridine rings is 1. The molecule has 224 valence electrons. The average molecular weight is 622 g/mol. The lowest BCUT2D eigenvalue weighted by molar-refractivity contribution is 0.0425. The van der Waals surface area contributed by atoms with Gasteiger partial charge in [0.1, 0.15) is 23.1 Å². The monoisotopic (exact) mass is 621 g/mol. The highest BCUT2D eigenvalue weighted by Crippen LogP contribution is 2.38. The number of imide groups is 1. The molecule has 0 aliphatic rings. The molecule has 0 aliphatic heterocycles. The van der Waals surface area contributed by atoms with Crippen LogP contribution in [0.5, 0.6) is 5.75 Å². The quantitative estimate of drug-likeness (QED) is 0.280. The van der Waals surface area contributed by atoms with E-state index in [0.29, 0.717) is 10.6 Å². The third-order valence-electron chi connectivity index (χ3n) is 5.07. The van der Waals surface area contributed by atoms with Gasteiger partial charge < -0.3 is 19.5 Å². The molecule has 1 aromatic carbocycles. The van der Waals surface area contributed by atoms with E-state index in [0.717, 1.165) is 12.1 Å². The summed E-state index contributed by atoms with van der Waals surface area (Å²) in [5.41, 5.74) is -1.80. The minimum absolute atomic E-state index is 0.0740. The Morgan fingerprint density at radius 3 is 2.05 bits per heavy atom. The predicted molar refractivity (Wildman–Crippen MR) is 155 cm³/mol. The summed E-state index contributed by atoms with van der Waals surface area (Å²) in [5, 5.41) is 10.3. The van der Waals surface area contributed by atoms with Gasteiger partial charge in [0.05, 0.1) is 5.02 Å². The second-order valence-corrected chi connectivity index (χ2v) is 11.7. The first-order chi connectivity index (χ1) is 19.5. The average Bonchev–Trinajstić information content (AvgIpc) is 2.86. The van der Waals surface area contributed by atoms with Crippen LogP contribution in [0.1, 0.15) is 70.6 Å². The van der Waals surface area contributed by atoms with Crippen LogP contribution >= 0.6 is 23.2 Å². The van der Waals surface area contributed by atoms with Crippen LogP contribution in [0.3, 0.4) is 0 Å². The number of carbonyl (C=O) groups excluding carboxylic acids is 3. The van der Waals surface area contributed by atoms with Crippen LogP contribution in [0.4, 0.5) is 25.5 Å². The molecule has 2 aromatic heterocycles. The fourth-order valence-electron chi connectivity index (χ4n) is 3.38. The van der Waals surface area contributed by atoms with Gasteiger partial charge in [0.15, 0.2) is 11.4 Å². The first kappa shape index (κ1) is 32.5. The molecular formula is C28H30Cl2FN5O6. The van der Waals surface area contributed by atoms with E-state index in [1.54, 1.807) is 53.7 Å². The molecule has 14 heteroatoms. The number of anilines is 2. The van der Waals surface area contributed by atoms with Crippen molar-refractivity contribution in [2.75, 3.05) is 10.2 Å². The highest BCUT2D eigenvalue weighted by Gasteiger charge is 2.37. The van der Waals surface area contributed by atoms with Crippen LogP contribution in [0, 0.1) is 5.82 Å². The van der Waals surface area contributed by atoms with E-state index in [4.69, 9.17) is 37.4 Å². The number of aromatic nitrogens is 3. The largest absolute Gasteiger partial charge is 0.482 e. The summed E-state index contributed by atoms with van der Waals surface area (Å²) in [7, 11) is 0. The standard InChI is InChI=1S/C28H30Cl2FN5O6/c1-15(21-17(29)8-9-18(31)22(21)30)40-20-14-19(24(37)33-16-10-12-32-13-11-16)34-35-23(20)36(25(38)41-27(2,3)4)26(39)42-28(5,6)7/h8-15H,1-7H3,(H,32,33,37). The normalized spacial score (nSPS) is 12.2.